The van der Waals surface area contributed by atoms with Gasteiger partial charge in [-0.25, -0.2) is 13.1 Å². The Labute approximate surface area is 192 Å². The molecule has 13 heteroatoms. The lowest BCUT2D eigenvalue weighted by molar-refractivity contribution is -0.385. The van der Waals surface area contributed by atoms with Crippen molar-refractivity contribution in [1.82, 2.24) is 15.4 Å². The Bertz CT molecular complexity index is 830. The number of benzene rings is 1. The molecular weight excluding hydrogens is 529 g/mol. The van der Waals surface area contributed by atoms with E-state index in [0.717, 1.165) is 12.5 Å². The average Bonchev–Trinajstić information content (AvgIpc) is 3.16. The van der Waals surface area contributed by atoms with Gasteiger partial charge in [-0.15, -0.1) is 24.0 Å². The molecule has 1 atom stereocenters. The number of hydrogen-bond donors (Lipinski definition) is 4. The largest absolute Gasteiger partial charge is 0.396 e. The number of aliphatic hydroxyl groups is 1. The highest BCUT2D eigenvalue weighted by Gasteiger charge is 2.34. The first kappa shape index (κ1) is 26.5. The van der Waals surface area contributed by atoms with Gasteiger partial charge in [0.05, 0.1) is 16.4 Å². The van der Waals surface area contributed by atoms with Crippen LogP contribution in [0.3, 0.4) is 0 Å². The molecule has 1 saturated heterocycles. The smallest absolute Gasteiger partial charge is 0.270 e. The Balaban J connectivity index is 0.00000450. The van der Waals surface area contributed by atoms with Crippen LogP contribution in [0.25, 0.3) is 0 Å². The van der Waals surface area contributed by atoms with Gasteiger partial charge in [0.2, 0.25) is 10.0 Å². The Morgan fingerprint density at radius 1 is 1.37 bits per heavy atom. The van der Waals surface area contributed by atoms with Gasteiger partial charge in [-0.1, -0.05) is 6.07 Å². The van der Waals surface area contributed by atoms with Crippen LogP contribution in [0.15, 0.2) is 34.2 Å². The highest BCUT2D eigenvalue weighted by Crippen LogP contribution is 2.31. The molecule has 1 fully saturated rings. The van der Waals surface area contributed by atoms with Crippen molar-refractivity contribution in [3.63, 3.8) is 0 Å². The number of guanidine groups is 1. The number of hydrogen-bond acceptors (Lipinski definition) is 7. The van der Waals surface area contributed by atoms with Crippen LogP contribution in [-0.2, 0) is 14.8 Å². The number of aliphatic hydroxyl groups excluding tert-OH is 1. The van der Waals surface area contributed by atoms with Gasteiger partial charge < -0.3 is 20.5 Å². The zero-order valence-corrected chi connectivity index (χ0v) is 19.8. The third kappa shape index (κ3) is 7.61. The van der Waals surface area contributed by atoms with Crippen molar-refractivity contribution >= 4 is 45.6 Å². The first-order valence-electron chi connectivity index (χ1n) is 9.19. The van der Waals surface area contributed by atoms with Gasteiger partial charge >= 0.3 is 0 Å². The summed E-state index contributed by atoms with van der Waals surface area (Å²) in [4.78, 5) is 14.1. The van der Waals surface area contributed by atoms with Crippen molar-refractivity contribution in [2.45, 2.75) is 17.7 Å². The van der Waals surface area contributed by atoms with Crippen LogP contribution in [0.5, 0.6) is 0 Å². The summed E-state index contributed by atoms with van der Waals surface area (Å²) in [6.45, 7) is 2.21. The lowest BCUT2D eigenvalue weighted by atomic mass is 9.84. The van der Waals surface area contributed by atoms with Gasteiger partial charge in [-0.05, 0) is 18.9 Å². The predicted molar refractivity (Wildman–Crippen MR) is 123 cm³/mol. The molecule has 1 unspecified atom stereocenters. The van der Waals surface area contributed by atoms with E-state index in [1.807, 2.05) is 0 Å². The summed E-state index contributed by atoms with van der Waals surface area (Å²) in [6.07, 6.45) is 1.47. The standard InChI is InChI=1S/C17H27N5O6S.HI/c1-18-16(20-12-17(5-9-23)6-10-28-13-17)19-7-8-21-29(26,27)15-4-2-3-14(11-15)22(24)25;/h2-4,11,21,23H,5-10,12-13H2,1H3,(H2,18,19,20);1H. The van der Waals surface area contributed by atoms with Gasteiger partial charge in [0.1, 0.15) is 0 Å². The monoisotopic (exact) mass is 557 g/mol. The lowest BCUT2D eigenvalue weighted by Gasteiger charge is -2.27. The number of halogens is 1. The Morgan fingerprint density at radius 3 is 2.73 bits per heavy atom. The molecular formula is C17H28IN5O6S. The number of ether oxygens (including phenoxy) is 1. The van der Waals surface area contributed by atoms with Crippen LogP contribution in [-0.4, -0.2) is 70.9 Å². The lowest BCUT2D eigenvalue weighted by Crippen LogP contribution is -2.46. The summed E-state index contributed by atoms with van der Waals surface area (Å²) >= 11 is 0. The second-order valence-corrected chi connectivity index (χ2v) is 8.55. The second kappa shape index (κ2) is 12.3. The molecule has 2 rings (SSSR count). The van der Waals surface area contributed by atoms with E-state index < -0.39 is 14.9 Å². The molecule has 11 nitrogen and oxygen atoms in total. The zero-order chi connectivity index (χ0) is 21.3. The second-order valence-electron chi connectivity index (χ2n) is 6.78. The Kier molecular flexibility index (Phi) is 10.9. The minimum absolute atomic E-state index is 0. The van der Waals surface area contributed by atoms with E-state index in [1.54, 1.807) is 7.05 Å². The van der Waals surface area contributed by atoms with Gasteiger partial charge in [-0.2, -0.15) is 0 Å². The van der Waals surface area contributed by atoms with Crippen LogP contribution < -0.4 is 15.4 Å². The number of sulfonamides is 1. The van der Waals surface area contributed by atoms with Crippen molar-refractivity contribution < 1.29 is 23.2 Å². The quantitative estimate of drug-likeness (QED) is 0.0807. The van der Waals surface area contributed by atoms with Crippen LogP contribution in [0, 0.1) is 15.5 Å². The molecule has 1 heterocycles. The maximum absolute atomic E-state index is 12.3. The molecule has 0 spiro atoms. The molecule has 0 aromatic heterocycles. The summed E-state index contributed by atoms with van der Waals surface area (Å²) in [5.41, 5.74) is -0.431. The molecule has 0 bridgehead atoms. The third-order valence-corrected chi connectivity index (χ3v) is 6.19. The van der Waals surface area contributed by atoms with Crippen molar-refractivity contribution in [3.8, 4) is 0 Å². The zero-order valence-electron chi connectivity index (χ0n) is 16.7. The fourth-order valence-corrected chi connectivity index (χ4v) is 4.09. The maximum atomic E-state index is 12.3. The van der Waals surface area contributed by atoms with Crippen molar-refractivity contribution in [3.05, 3.63) is 34.4 Å². The minimum Gasteiger partial charge on any atom is -0.396 e. The third-order valence-electron chi connectivity index (χ3n) is 4.73. The van der Waals surface area contributed by atoms with Crippen molar-refractivity contribution in [2.24, 2.45) is 10.4 Å². The molecule has 1 aliphatic rings. The molecule has 4 N–H and O–H groups in total. The van der Waals surface area contributed by atoms with Crippen LogP contribution >= 0.6 is 24.0 Å². The molecule has 0 amide bonds. The van der Waals surface area contributed by atoms with Gasteiger partial charge in [-0.3, -0.25) is 15.1 Å². The van der Waals surface area contributed by atoms with Crippen molar-refractivity contribution in [2.75, 3.05) is 46.5 Å². The summed E-state index contributed by atoms with van der Waals surface area (Å²) in [7, 11) is -2.26. The number of nitrogens with one attached hydrogen (secondary N) is 3. The molecule has 0 aliphatic carbocycles. The van der Waals surface area contributed by atoms with E-state index >= 15 is 0 Å². The van der Waals surface area contributed by atoms with E-state index in [9.17, 15) is 23.6 Å². The molecule has 1 aliphatic heterocycles. The van der Waals surface area contributed by atoms with Gasteiger partial charge in [0, 0.05) is 57.4 Å². The van der Waals surface area contributed by atoms with Crippen LogP contribution in [0.2, 0.25) is 0 Å². The molecule has 0 radical (unpaired) electrons. The van der Waals surface area contributed by atoms with Gasteiger partial charge in [0.25, 0.3) is 5.69 Å². The Morgan fingerprint density at radius 2 is 2.13 bits per heavy atom. The highest BCUT2D eigenvalue weighted by atomic mass is 127. The van der Waals surface area contributed by atoms with E-state index in [2.05, 4.69) is 20.3 Å². The SMILES string of the molecule is CN=C(NCCNS(=O)(=O)c1cccc([N+](=O)[O-])c1)NCC1(CCO)CCOC1.I. The molecule has 0 saturated carbocycles. The molecule has 1 aromatic rings. The first-order valence-corrected chi connectivity index (χ1v) is 10.7. The highest BCUT2D eigenvalue weighted by molar-refractivity contribution is 14.0. The summed E-state index contributed by atoms with van der Waals surface area (Å²) in [6, 6.07) is 4.87. The summed E-state index contributed by atoms with van der Waals surface area (Å²) < 4.78 is 32.4. The van der Waals surface area contributed by atoms with E-state index in [0.29, 0.717) is 32.1 Å². The summed E-state index contributed by atoms with van der Waals surface area (Å²) in [5.74, 6) is 0.503. The predicted octanol–water partition coefficient (Wildman–Crippen LogP) is 0.445. The van der Waals surface area contributed by atoms with Gasteiger partial charge in [0.15, 0.2) is 5.96 Å². The first-order chi connectivity index (χ1) is 13.8. The number of nitro groups is 1. The number of nitrogens with zero attached hydrogens (tertiary/aromatic N) is 2. The fourth-order valence-electron chi connectivity index (χ4n) is 3.02. The number of nitro benzene ring substituents is 1. The maximum Gasteiger partial charge on any atom is 0.270 e. The van der Waals surface area contributed by atoms with E-state index in [-0.39, 0.29) is 59.7 Å². The number of aliphatic imine (C=N–C) groups is 1. The topological polar surface area (TPSA) is 155 Å². The average molecular weight is 557 g/mol. The number of non-ortho nitro benzene ring substituents is 1. The summed E-state index contributed by atoms with van der Waals surface area (Å²) in [5, 5.41) is 26.3. The van der Waals surface area contributed by atoms with E-state index in [1.165, 1.54) is 18.2 Å². The van der Waals surface area contributed by atoms with Crippen LogP contribution in [0.4, 0.5) is 5.69 Å². The number of rotatable bonds is 10. The normalized spacial score (nSPS) is 19.2. The van der Waals surface area contributed by atoms with E-state index in [4.69, 9.17) is 4.74 Å². The Hall–Kier alpha value is -1.55. The minimum atomic E-state index is -3.86. The molecule has 1 aromatic carbocycles. The molecule has 170 valence electrons. The van der Waals surface area contributed by atoms with Crippen LogP contribution in [0.1, 0.15) is 12.8 Å². The fraction of sp³-hybridized carbons (Fsp3) is 0.588. The molecule has 30 heavy (non-hydrogen) atoms. The van der Waals surface area contributed by atoms with Crippen molar-refractivity contribution in [1.29, 1.82) is 0 Å².